The predicted molar refractivity (Wildman–Crippen MR) is 105 cm³/mol. The molecule has 0 saturated heterocycles. The van der Waals surface area contributed by atoms with Crippen molar-refractivity contribution in [3.05, 3.63) is 48.0 Å². The Hall–Kier alpha value is -2.56. The Balaban J connectivity index is 1.36. The summed E-state index contributed by atoms with van der Waals surface area (Å²) in [5.41, 5.74) is 2.71. The van der Waals surface area contributed by atoms with E-state index in [1.807, 2.05) is 19.1 Å². The van der Waals surface area contributed by atoms with Crippen molar-refractivity contribution in [3.63, 3.8) is 0 Å². The van der Waals surface area contributed by atoms with Gasteiger partial charge in [0.25, 0.3) is 0 Å². The third-order valence-electron chi connectivity index (χ3n) is 4.65. The average Bonchev–Trinajstić information content (AvgIpc) is 2.68. The quantitative estimate of drug-likeness (QED) is 0.690. The number of pyridine rings is 1. The Kier molecular flexibility index (Phi) is 6.47. The van der Waals surface area contributed by atoms with Crippen LogP contribution < -0.4 is 15.4 Å². The lowest BCUT2D eigenvalue weighted by Crippen LogP contribution is -2.25. The van der Waals surface area contributed by atoms with Crippen LogP contribution in [0.3, 0.4) is 0 Å². The van der Waals surface area contributed by atoms with Crippen molar-refractivity contribution in [2.24, 2.45) is 0 Å². The normalized spacial score (nSPS) is 15.7. The molecular formula is C21H27N3O2. The van der Waals surface area contributed by atoms with Gasteiger partial charge in [0, 0.05) is 24.2 Å². The molecule has 2 heterocycles. The monoisotopic (exact) mass is 353 g/mol. The molecule has 138 valence electrons. The minimum atomic E-state index is -0.0452. The zero-order valence-corrected chi connectivity index (χ0v) is 15.3. The smallest absolute Gasteiger partial charge is 0.225 e. The molecule has 0 aliphatic carbocycles. The second-order valence-corrected chi connectivity index (χ2v) is 6.64. The maximum absolute atomic E-state index is 11.4. The van der Waals surface area contributed by atoms with E-state index in [1.165, 1.54) is 17.7 Å². The van der Waals surface area contributed by atoms with Crippen LogP contribution in [0.1, 0.15) is 44.6 Å². The van der Waals surface area contributed by atoms with Crippen LogP contribution in [-0.4, -0.2) is 23.5 Å². The summed E-state index contributed by atoms with van der Waals surface area (Å²) in [5, 5.41) is 6.39. The molecule has 0 spiro atoms. The average molecular weight is 353 g/mol. The van der Waals surface area contributed by atoms with E-state index in [2.05, 4.69) is 39.9 Å². The molecule has 0 saturated carbocycles. The van der Waals surface area contributed by atoms with Crippen molar-refractivity contribution in [1.82, 2.24) is 4.98 Å². The van der Waals surface area contributed by atoms with Gasteiger partial charge in [0.15, 0.2) is 0 Å². The molecule has 3 rings (SSSR count). The van der Waals surface area contributed by atoms with E-state index in [0.29, 0.717) is 30.8 Å². The second-order valence-electron chi connectivity index (χ2n) is 6.64. The molecular weight excluding hydrogens is 326 g/mol. The van der Waals surface area contributed by atoms with E-state index >= 15 is 0 Å². The lowest BCUT2D eigenvalue weighted by Gasteiger charge is -2.27. The summed E-state index contributed by atoms with van der Waals surface area (Å²) in [5.74, 6) is 1.05. The van der Waals surface area contributed by atoms with Gasteiger partial charge in [0.05, 0.1) is 6.61 Å². The van der Waals surface area contributed by atoms with E-state index in [0.717, 1.165) is 25.7 Å². The van der Waals surface area contributed by atoms with Gasteiger partial charge in [-0.2, -0.15) is 4.98 Å². The number of para-hydroxylation sites is 1. The predicted octanol–water partition coefficient (Wildman–Crippen LogP) is 4.41. The number of hydrogen-bond donors (Lipinski definition) is 2. The molecule has 2 aromatic rings. The van der Waals surface area contributed by atoms with Gasteiger partial charge in [-0.05, 0) is 49.8 Å². The van der Waals surface area contributed by atoms with Crippen LogP contribution >= 0.6 is 0 Å². The highest BCUT2D eigenvalue weighted by molar-refractivity contribution is 5.89. The Morgan fingerprint density at radius 1 is 1.23 bits per heavy atom. The van der Waals surface area contributed by atoms with Gasteiger partial charge < -0.3 is 15.4 Å². The van der Waals surface area contributed by atoms with Crippen LogP contribution in [-0.2, 0) is 11.2 Å². The Morgan fingerprint density at radius 2 is 2.12 bits per heavy atom. The van der Waals surface area contributed by atoms with Gasteiger partial charge >= 0.3 is 0 Å². The van der Waals surface area contributed by atoms with E-state index in [4.69, 9.17) is 4.74 Å². The maximum atomic E-state index is 11.4. The largest absolute Gasteiger partial charge is 0.478 e. The molecule has 5 heteroatoms. The summed E-state index contributed by atoms with van der Waals surface area (Å²) >= 11 is 0. The Bertz CT molecular complexity index is 733. The Morgan fingerprint density at radius 3 is 3.00 bits per heavy atom. The van der Waals surface area contributed by atoms with Crippen LogP contribution in [0.25, 0.3) is 0 Å². The fourth-order valence-corrected chi connectivity index (χ4v) is 3.18. The first-order chi connectivity index (χ1) is 12.7. The number of carbonyl (C=O) groups excluding carboxylic acids is 1. The fraction of sp³-hybridized carbons (Fsp3) is 0.429. The van der Waals surface area contributed by atoms with Gasteiger partial charge in [-0.3, -0.25) is 4.79 Å². The number of amides is 1. The van der Waals surface area contributed by atoms with Crippen molar-refractivity contribution in [3.8, 4) is 5.88 Å². The number of benzene rings is 1. The van der Waals surface area contributed by atoms with Crippen molar-refractivity contribution in [2.45, 2.75) is 51.5 Å². The number of ether oxygens (including phenoxy) is 1. The van der Waals surface area contributed by atoms with E-state index < -0.39 is 0 Å². The number of anilines is 2. The van der Waals surface area contributed by atoms with E-state index in [9.17, 15) is 4.79 Å². The van der Waals surface area contributed by atoms with Gasteiger partial charge in [-0.15, -0.1) is 0 Å². The van der Waals surface area contributed by atoms with E-state index in [1.54, 1.807) is 6.07 Å². The summed E-state index contributed by atoms with van der Waals surface area (Å²) in [6.07, 6.45) is 6.05. The van der Waals surface area contributed by atoms with Crippen LogP contribution in [0, 0.1) is 0 Å². The van der Waals surface area contributed by atoms with Gasteiger partial charge in [0.1, 0.15) is 5.82 Å². The van der Waals surface area contributed by atoms with Gasteiger partial charge in [-0.25, -0.2) is 0 Å². The van der Waals surface area contributed by atoms with Crippen LogP contribution in [0.15, 0.2) is 42.5 Å². The highest BCUT2D eigenvalue weighted by Gasteiger charge is 2.16. The zero-order chi connectivity index (χ0) is 18.2. The first kappa shape index (κ1) is 18.2. The molecule has 0 radical (unpaired) electrons. The number of hydrogen-bond acceptors (Lipinski definition) is 4. The molecule has 1 aliphatic heterocycles. The number of nitrogens with zero attached hydrogens (tertiary/aromatic N) is 1. The van der Waals surface area contributed by atoms with Crippen LogP contribution in [0.5, 0.6) is 5.88 Å². The molecule has 1 aliphatic rings. The van der Waals surface area contributed by atoms with Gasteiger partial charge in [0.2, 0.25) is 11.8 Å². The molecule has 1 amide bonds. The summed E-state index contributed by atoms with van der Waals surface area (Å²) in [4.78, 5) is 15.7. The maximum Gasteiger partial charge on any atom is 0.225 e. The topological polar surface area (TPSA) is 63.2 Å². The number of fused-ring (bicyclic) bond motifs is 1. The first-order valence-electron chi connectivity index (χ1n) is 9.48. The molecule has 1 atom stereocenters. The molecule has 5 nitrogen and oxygen atoms in total. The first-order valence-corrected chi connectivity index (χ1v) is 9.48. The van der Waals surface area contributed by atoms with Crippen LogP contribution in [0.4, 0.5) is 11.5 Å². The standard InChI is InChI=1S/C21H27N3O2/c1-2-20(25)23-19-11-7-12-21(24-19)26-15-6-5-9-17-14-13-16-8-3-4-10-18(16)22-17/h3-4,7-8,10-12,17,22H,2,5-6,9,13-15H2,1H3,(H,23,24,25). The van der Waals surface area contributed by atoms with Crippen molar-refractivity contribution in [1.29, 1.82) is 0 Å². The SMILES string of the molecule is CCC(=O)Nc1cccc(OCCCCC2CCc3ccccc3N2)n1. The third kappa shape index (κ3) is 5.22. The lowest BCUT2D eigenvalue weighted by molar-refractivity contribution is -0.115. The molecule has 1 unspecified atom stereocenters. The second kappa shape index (κ2) is 9.22. The number of nitrogens with one attached hydrogen (secondary N) is 2. The van der Waals surface area contributed by atoms with Crippen molar-refractivity contribution >= 4 is 17.4 Å². The zero-order valence-electron chi connectivity index (χ0n) is 15.3. The Labute approximate surface area is 155 Å². The number of aromatic nitrogens is 1. The van der Waals surface area contributed by atoms with E-state index in [-0.39, 0.29) is 5.91 Å². The summed E-state index contributed by atoms with van der Waals surface area (Å²) in [6.45, 7) is 2.46. The summed E-state index contributed by atoms with van der Waals surface area (Å²) < 4.78 is 5.72. The third-order valence-corrected chi connectivity index (χ3v) is 4.65. The lowest BCUT2D eigenvalue weighted by atomic mass is 9.95. The highest BCUT2D eigenvalue weighted by Crippen LogP contribution is 2.26. The number of carbonyl (C=O) groups is 1. The molecule has 26 heavy (non-hydrogen) atoms. The number of rotatable bonds is 8. The van der Waals surface area contributed by atoms with Crippen molar-refractivity contribution in [2.75, 3.05) is 17.2 Å². The summed E-state index contributed by atoms with van der Waals surface area (Å²) in [6, 6.07) is 14.6. The minimum absolute atomic E-state index is 0.0452. The molecule has 2 N–H and O–H groups in total. The minimum Gasteiger partial charge on any atom is -0.478 e. The van der Waals surface area contributed by atoms with Crippen molar-refractivity contribution < 1.29 is 9.53 Å². The van der Waals surface area contributed by atoms with Gasteiger partial charge in [-0.1, -0.05) is 31.2 Å². The molecule has 1 aromatic carbocycles. The molecule has 0 fully saturated rings. The molecule has 0 bridgehead atoms. The number of aryl methyl sites for hydroxylation is 1. The van der Waals surface area contributed by atoms with Crippen LogP contribution in [0.2, 0.25) is 0 Å². The highest BCUT2D eigenvalue weighted by atomic mass is 16.5. The molecule has 1 aromatic heterocycles. The number of unbranched alkanes of at least 4 members (excludes halogenated alkanes) is 1. The fourth-order valence-electron chi connectivity index (χ4n) is 3.18. The summed E-state index contributed by atoms with van der Waals surface area (Å²) in [7, 11) is 0.